The highest BCUT2D eigenvalue weighted by atomic mass is 35.5. The van der Waals surface area contributed by atoms with Gasteiger partial charge in [0.25, 0.3) is 0 Å². The van der Waals surface area contributed by atoms with E-state index in [9.17, 15) is 0 Å². The molecule has 0 aliphatic rings. The molecule has 0 aliphatic heterocycles. The molecule has 0 heterocycles. The minimum absolute atomic E-state index is 0. The molecular formula is C15H33ClN4. The summed E-state index contributed by atoms with van der Waals surface area (Å²) in [5.74, 6) is 0. The third-order valence-corrected chi connectivity index (χ3v) is 3.35. The van der Waals surface area contributed by atoms with Gasteiger partial charge in [0.1, 0.15) is 0 Å². The lowest BCUT2D eigenvalue weighted by Gasteiger charge is -2.21. The molecule has 0 aromatic heterocycles. The van der Waals surface area contributed by atoms with Crippen molar-refractivity contribution >= 4 is 18.4 Å². The zero-order valence-electron chi connectivity index (χ0n) is 14.1. The molecule has 0 saturated heterocycles. The molecule has 0 aromatic carbocycles. The molecule has 0 spiro atoms. The van der Waals surface area contributed by atoms with Gasteiger partial charge in [0.15, 0.2) is 0 Å². The molecule has 4 nitrogen and oxygen atoms in total. The van der Waals surface area contributed by atoms with Gasteiger partial charge in [-0.15, -0.1) is 12.4 Å². The summed E-state index contributed by atoms with van der Waals surface area (Å²) in [4.78, 5) is 13.1. The second-order valence-corrected chi connectivity index (χ2v) is 5.72. The van der Waals surface area contributed by atoms with E-state index in [1.807, 2.05) is 0 Å². The average Bonchev–Trinajstić information content (AvgIpc) is 2.32. The van der Waals surface area contributed by atoms with Gasteiger partial charge in [-0.25, -0.2) is 9.98 Å². The summed E-state index contributed by atoms with van der Waals surface area (Å²) in [6.45, 7) is 6.30. The molecule has 20 heavy (non-hydrogen) atoms. The van der Waals surface area contributed by atoms with E-state index in [4.69, 9.17) is 0 Å². The first-order chi connectivity index (χ1) is 8.97. The summed E-state index contributed by atoms with van der Waals surface area (Å²) in [6.07, 6.45) is 4.54. The fourth-order valence-electron chi connectivity index (χ4n) is 2.00. The van der Waals surface area contributed by atoms with Crippen LogP contribution in [0, 0.1) is 0 Å². The summed E-state index contributed by atoms with van der Waals surface area (Å²) in [6, 6.07) is 3.81. The Morgan fingerprint density at radius 2 is 1.75 bits per heavy atom. The molecule has 0 amide bonds. The molecule has 0 fully saturated rings. The fourth-order valence-corrected chi connectivity index (χ4v) is 2.00. The van der Waals surface area contributed by atoms with Crippen LogP contribution in [-0.2, 0) is 0 Å². The Hall–Kier alpha value is -0.410. The van der Waals surface area contributed by atoms with Crippen molar-refractivity contribution in [2.45, 2.75) is 51.6 Å². The summed E-state index contributed by atoms with van der Waals surface area (Å²) in [5, 5.41) is 0. The van der Waals surface area contributed by atoms with E-state index in [-0.39, 0.29) is 12.4 Å². The van der Waals surface area contributed by atoms with Gasteiger partial charge in [-0.1, -0.05) is 6.92 Å². The highest BCUT2D eigenvalue weighted by Gasteiger charge is 2.06. The van der Waals surface area contributed by atoms with Gasteiger partial charge in [0.2, 0.25) is 0 Å². The SMILES string of the molecule is CCC(CCN=C=NC(C)CCCN(C)C)N(C)C.Cl. The van der Waals surface area contributed by atoms with Gasteiger partial charge in [-0.05, 0) is 67.3 Å². The maximum absolute atomic E-state index is 4.34. The zero-order chi connectivity index (χ0) is 14.7. The van der Waals surface area contributed by atoms with Crippen molar-refractivity contribution < 1.29 is 0 Å². The number of aliphatic imine (C=N–C) groups is 2. The lowest BCUT2D eigenvalue weighted by atomic mass is 10.1. The first-order valence-corrected chi connectivity index (χ1v) is 7.39. The van der Waals surface area contributed by atoms with Crippen LogP contribution < -0.4 is 0 Å². The van der Waals surface area contributed by atoms with E-state index in [2.05, 4.69) is 67.8 Å². The maximum atomic E-state index is 4.34. The summed E-state index contributed by atoms with van der Waals surface area (Å²) in [5.41, 5.74) is 0. The quantitative estimate of drug-likeness (QED) is 0.581. The van der Waals surface area contributed by atoms with Crippen LogP contribution in [0.3, 0.4) is 0 Å². The van der Waals surface area contributed by atoms with E-state index in [0.29, 0.717) is 12.1 Å². The van der Waals surface area contributed by atoms with Crippen molar-refractivity contribution in [1.29, 1.82) is 0 Å². The number of rotatable bonds is 10. The van der Waals surface area contributed by atoms with E-state index in [0.717, 1.165) is 25.9 Å². The van der Waals surface area contributed by atoms with Gasteiger partial charge in [-0.3, -0.25) is 0 Å². The Morgan fingerprint density at radius 1 is 1.10 bits per heavy atom. The van der Waals surface area contributed by atoms with Crippen LogP contribution in [0.4, 0.5) is 0 Å². The predicted molar refractivity (Wildman–Crippen MR) is 91.6 cm³/mol. The van der Waals surface area contributed by atoms with E-state index < -0.39 is 0 Å². The monoisotopic (exact) mass is 304 g/mol. The van der Waals surface area contributed by atoms with Crippen molar-refractivity contribution in [3.63, 3.8) is 0 Å². The molecule has 120 valence electrons. The van der Waals surface area contributed by atoms with Crippen LogP contribution in [0.1, 0.15) is 39.5 Å². The molecular weight excluding hydrogens is 272 g/mol. The third-order valence-electron chi connectivity index (χ3n) is 3.35. The highest BCUT2D eigenvalue weighted by molar-refractivity contribution is 5.85. The van der Waals surface area contributed by atoms with Crippen molar-refractivity contribution in [3.05, 3.63) is 0 Å². The fraction of sp³-hybridized carbons (Fsp3) is 0.933. The van der Waals surface area contributed by atoms with Crippen LogP contribution in [0.25, 0.3) is 0 Å². The Balaban J connectivity index is 0. The average molecular weight is 305 g/mol. The summed E-state index contributed by atoms with van der Waals surface area (Å²) < 4.78 is 0. The molecule has 0 N–H and O–H groups in total. The van der Waals surface area contributed by atoms with E-state index in [1.54, 1.807) is 0 Å². The second kappa shape index (κ2) is 13.6. The lowest BCUT2D eigenvalue weighted by molar-refractivity contribution is 0.274. The normalized spacial score (nSPS) is 13.6. The minimum Gasteiger partial charge on any atom is -0.309 e. The van der Waals surface area contributed by atoms with Crippen molar-refractivity contribution in [2.24, 2.45) is 9.98 Å². The molecule has 0 aliphatic carbocycles. The van der Waals surface area contributed by atoms with Crippen molar-refractivity contribution in [3.8, 4) is 0 Å². The first-order valence-electron chi connectivity index (χ1n) is 7.39. The molecule has 0 radical (unpaired) electrons. The predicted octanol–water partition coefficient (Wildman–Crippen LogP) is 3.04. The molecule has 2 atom stereocenters. The smallest absolute Gasteiger partial charge is 0.0895 e. The molecule has 5 heteroatoms. The van der Waals surface area contributed by atoms with E-state index >= 15 is 0 Å². The highest BCUT2D eigenvalue weighted by Crippen LogP contribution is 2.04. The third kappa shape index (κ3) is 12.6. The number of nitrogens with zero attached hydrogens (tertiary/aromatic N) is 4. The number of hydrogen-bond acceptors (Lipinski definition) is 4. The first kappa shape index (κ1) is 21.9. The largest absolute Gasteiger partial charge is 0.309 e. The Bertz CT molecular complexity index is 273. The number of hydrogen-bond donors (Lipinski definition) is 0. The van der Waals surface area contributed by atoms with Crippen LogP contribution in [0.5, 0.6) is 0 Å². The minimum atomic E-state index is 0. The van der Waals surface area contributed by atoms with E-state index in [1.165, 1.54) is 12.8 Å². The molecule has 2 unspecified atom stereocenters. The summed E-state index contributed by atoms with van der Waals surface area (Å²) >= 11 is 0. The van der Waals surface area contributed by atoms with Crippen molar-refractivity contribution in [1.82, 2.24) is 9.80 Å². The van der Waals surface area contributed by atoms with Crippen LogP contribution in [0.2, 0.25) is 0 Å². The van der Waals surface area contributed by atoms with Gasteiger partial charge in [0, 0.05) is 6.04 Å². The number of halogens is 1. The standard InChI is InChI=1S/C15H32N4.ClH/c1-7-15(19(5)6)10-11-16-13-17-14(2)9-8-12-18(3)4;/h14-15H,7-12H2,1-6H3;1H. The Kier molecular flexibility index (Phi) is 14.8. The molecule has 0 aromatic rings. The van der Waals surface area contributed by atoms with Gasteiger partial charge < -0.3 is 9.80 Å². The van der Waals surface area contributed by atoms with Crippen molar-refractivity contribution in [2.75, 3.05) is 41.3 Å². The van der Waals surface area contributed by atoms with Gasteiger partial charge in [-0.2, -0.15) is 0 Å². The van der Waals surface area contributed by atoms with Gasteiger partial charge >= 0.3 is 0 Å². The Labute approximate surface area is 131 Å². The molecule has 0 bridgehead atoms. The maximum Gasteiger partial charge on any atom is 0.0895 e. The molecule has 0 rings (SSSR count). The van der Waals surface area contributed by atoms with Crippen LogP contribution >= 0.6 is 12.4 Å². The molecule has 0 saturated carbocycles. The second-order valence-electron chi connectivity index (χ2n) is 5.72. The Morgan fingerprint density at radius 3 is 2.25 bits per heavy atom. The van der Waals surface area contributed by atoms with Crippen LogP contribution in [-0.4, -0.2) is 69.2 Å². The summed E-state index contributed by atoms with van der Waals surface area (Å²) in [7, 11) is 8.45. The van der Waals surface area contributed by atoms with Gasteiger partial charge in [0.05, 0.1) is 18.6 Å². The lowest BCUT2D eigenvalue weighted by Crippen LogP contribution is -2.27. The zero-order valence-corrected chi connectivity index (χ0v) is 14.9. The van der Waals surface area contributed by atoms with Crippen LogP contribution in [0.15, 0.2) is 9.98 Å². The topological polar surface area (TPSA) is 31.2 Å².